The Bertz CT molecular complexity index is 326. The van der Waals surface area contributed by atoms with Crippen LogP contribution in [0.15, 0.2) is 0 Å². The first-order valence-electron chi connectivity index (χ1n) is 11.3. The summed E-state index contributed by atoms with van der Waals surface area (Å²) >= 11 is 0. The van der Waals surface area contributed by atoms with Crippen LogP contribution in [0, 0.1) is 0 Å². The zero-order chi connectivity index (χ0) is 21.3. The maximum absolute atomic E-state index is 10.5. The molecule has 0 rings (SSSR count). The Morgan fingerprint density at radius 1 is 0.483 bits per heavy atom. The second-order valence-electron chi connectivity index (χ2n) is 6.88. The van der Waals surface area contributed by atoms with Crippen LogP contribution in [-0.2, 0) is 33.2 Å². The highest BCUT2D eigenvalue weighted by Crippen LogP contribution is 2.08. The van der Waals surface area contributed by atoms with Crippen LogP contribution < -0.4 is 0 Å². The summed E-state index contributed by atoms with van der Waals surface area (Å²) in [5.74, 6) is -0.294. The average molecular weight is 421 g/mol. The Hall–Kier alpha value is -0.730. The van der Waals surface area contributed by atoms with Gasteiger partial charge in [-0.05, 0) is 6.42 Å². The lowest BCUT2D eigenvalue weighted by Crippen LogP contribution is -2.14. The van der Waals surface area contributed by atoms with E-state index in [9.17, 15) is 4.79 Å². The molecular formula is C22H44O7. The summed E-state index contributed by atoms with van der Waals surface area (Å²) in [4.78, 5) is 10.5. The van der Waals surface area contributed by atoms with Gasteiger partial charge in [-0.2, -0.15) is 0 Å². The molecule has 0 heterocycles. The maximum atomic E-state index is 10.5. The molecule has 0 bridgehead atoms. The minimum absolute atomic E-state index is 0.280. The molecule has 0 saturated carbocycles. The van der Waals surface area contributed by atoms with E-state index in [0.717, 1.165) is 13.0 Å². The number of rotatable bonds is 24. The molecule has 0 aliphatic carbocycles. The summed E-state index contributed by atoms with van der Waals surface area (Å²) in [7, 11) is 0. The maximum Gasteiger partial charge on any atom is 0.302 e. The van der Waals surface area contributed by atoms with Crippen molar-refractivity contribution >= 4 is 5.97 Å². The van der Waals surface area contributed by atoms with Crippen LogP contribution in [0.5, 0.6) is 0 Å². The Kier molecular flexibility index (Phi) is 24.7. The van der Waals surface area contributed by atoms with E-state index in [1.54, 1.807) is 0 Å². The van der Waals surface area contributed by atoms with Crippen molar-refractivity contribution in [3.63, 3.8) is 0 Å². The van der Waals surface area contributed by atoms with Crippen LogP contribution in [0.2, 0.25) is 0 Å². The van der Waals surface area contributed by atoms with Crippen LogP contribution in [-0.4, -0.2) is 78.6 Å². The molecule has 0 amide bonds. The van der Waals surface area contributed by atoms with Gasteiger partial charge in [0.05, 0.1) is 59.5 Å². The highest BCUT2D eigenvalue weighted by Gasteiger charge is 1.95. The zero-order valence-corrected chi connectivity index (χ0v) is 18.8. The number of hydrogen-bond acceptors (Lipinski definition) is 7. The fourth-order valence-electron chi connectivity index (χ4n) is 2.56. The molecule has 7 nitrogen and oxygen atoms in total. The lowest BCUT2D eigenvalue weighted by atomic mass is 10.1. The van der Waals surface area contributed by atoms with Gasteiger partial charge in [0.15, 0.2) is 0 Å². The van der Waals surface area contributed by atoms with E-state index in [0.29, 0.717) is 59.5 Å². The highest BCUT2D eigenvalue weighted by atomic mass is 16.6. The third-order valence-corrected chi connectivity index (χ3v) is 4.16. The normalized spacial score (nSPS) is 11.1. The van der Waals surface area contributed by atoms with Crippen molar-refractivity contribution in [2.45, 2.75) is 65.2 Å². The second-order valence-corrected chi connectivity index (χ2v) is 6.88. The van der Waals surface area contributed by atoms with E-state index in [4.69, 9.17) is 28.4 Å². The molecule has 29 heavy (non-hydrogen) atoms. The van der Waals surface area contributed by atoms with Gasteiger partial charge < -0.3 is 28.4 Å². The molecule has 0 aromatic rings. The summed E-state index contributed by atoms with van der Waals surface area (Å²) in [6.07, 6.45) is 10.6. The van der Waals surface area contributed by atoms with E-state index in [2.05, 4.69) is 6.92 Å². The molecule has 0 saturated heterocycles. The number of carbonyl (C=O) groups is 1. The van der Waals surface area contributed by atoms with E-state index in [-0.39, 0.29) is 12.6 Å². The smallest absolute Gasteiger partial charge is 0.302 e. The van der Waals surface area contributed by atoms with E-state index >= 15 is 0 Å². The Morgan fingerprint density at radius 3 is 1.24 bits per heavy atom. The van der Waals surface area contributed by atoms with Crippen molar-refractivity contribution in [1.29, 1.82) is 0 Å². The number of unbranched alkanes of at least 4 members (excludes halogenated alkanes) is 7. The number of ether oxygens (including phenoxy) is 6. The van der Waals surface area contributed by atoms with E-state index in [1.165, 1.54) is 51.9 Å². The predicted molar refractivity (Wildman–Crippen MR) is 113 cm³/mol. The topological polar surface area (TPSA) is 72.5 Å². The molecule has 0 aliphatic heterocycles. The first-order chi connectivity index (χ1) is 14.3. The molecule has 0 fully saturated rings. The average Bonchev–Trinajstić information content (AvgIpc) is 2.71. The third-order valence-electron chi connectivity index (χ3n) is 4.16. The lowest BCUT2D eigenvalue weighted by Gasteiger charge is -2.08. The molecule has 0 aliphatic rings. The van der Waals surface area contributed by atoms with Gasteiger partial charge in [0, 0.05) is 13.5 Å². The van der Waals surface area contributed by atoms with Gasteiger partial charge in [-0.15, -0.1) is 0 Å². The standard InChI is InChI=1S/C22H44O7/c1-3-4-5-6-7-8-9-10-11-24-12-13-25-14-15-26-16-17-27-18-19-28-20-21-29-22(2)23/h3-21H2,1-2H3. The number of esters is 1. The molecule has 0 aromatic heterocycles. The Morgan fingerprint density at radius 2 is 0.828 bits per heavy atom. The molecule has 0 radical (unpaired) electrons. The van der Waals surface area contributed by atoms with Crippen molar-refractivity contribution in [3.05, 3.63) is 0 Å². The Balaban J connectivity index is 2.99. The molecule has 7 heteroatoms. The van der Waals surface area contributed by atoms with Crippen LogP contribution in [0.25, 0.3) is 0 Å². The summed E-state index contributed by atoms with van der Waals surface area (Å²) in [5, 5.41) is 0. The van der Waals surface area contributed by atoms with Gasteiger partial charge >= 0.3 is 5.97 Å². The van der Waals surface area contributed by atoms with Gasteiger partial charge in [-0.1, -0.05) is 51.9 Å². The van der Waals surface area contributed by atoms with Gasteiger partial charge in [-0.3, -0.25) is 4.79 Å². The lowest BCUT2D eigenvalue weighted by molar-refractivity contribution is -0.142. The largest absolute Gasteiger partial charge is 0.463 e. The van der Waals surface area contributed by atoms with Gasteiger partial charge in [-0.25, -0.2) is 0 Å². The molecule has 0 aromatic carbocycles. The van der Waals surface area contributed by atoms with Crippen LogP contribution >= 0.6 is 0 Å². The molecule has 0 spiro atoms. The van der Waals surface area contributed by atoms with Crippen LogP contribution in [0.3, 0.4) is 0 Å². The number of carbonyl (C=O) groups excluding carboxylic acids is 1. The van der Waals surface area contributed by atoms with Crippen molar-refractivity contribution in [1.82, 2.24) is 0 Å². The first-order valence-corrected chi connectivity index (χ1v) is 11.3. The summed E-state index contributed by atoms with van der Waals surface area (Å²) in [6.45, 7) is 9.55. The highest BCUT2D eigenvalue weighted by molar-refractivity contribution is 5.65. The van der Waals surface area contributed by atoms with Gasteiger partial charge in [0.2, 0.25) is 0 Å². The third kappa shape index (κ3) is 27.3. The molecule has 174 valence electrons. The molecule has 0 unspecified atom stereocenters. The fourth-order valence-corrected chi connectivity index (χ4v) is 2.56. The van der Waals surface area contributed by atoms with Crippen molar-refractivity contribution < 1.29 is 33.2 Å². The first kappa shape index (κ1) is 28.3. The predicted octanol–water partition coefficient (Wildman–Crippen LogP) is 3.77. The van der Waals surface area contributed by atoms with Crippen molar-refractivity contribution in [2.24, 2.45) is 0 Å². The summed E-state index contributed by atoms with van der Waals surface area (Å²) in [6, 6.07) is 0. The number of hydrogen-bond donors (Lipinski definition) is 0. The van der Waals surface area contributed by atoms with Crippen molar-refractivity contribution in [3.8, 4) is 0 Å². The summed E-state index contributed by atoms with van der Waals surface area (Å²) in [5.41, 5.74) is 0. The minimum Gasteiger partial charge on any atom is -0.463 e. The molecule has 0 atom stereocenters. The SMILES string of the molecule is CCCCCCCCCCOCCOCCOCCOCCOCCOC(C)=O. The molecule has 0 N–H and O–H groups in total. The van der Waals surface area contributed by atoms with E-state index in [1.807, 2.05) is 0 Å². The minimum atomic E-state index is -0.294. The van der Waals surface area contributed by atoms with Crippen molar-refractivity contribution in [2.75, 3.05) is 72.7 Å². The van der Waals surface area contributed by atoms with E-state index < -0.39 is 0 Å². The fraction of sp³-hybridized carbons (Fsp3) is 0.955. The second kappa shape index (κ2) is 25.3. The zero-order valence-electron chi connectivity index (χ0n) is 18.8. The van der Waals surface area contributed by atoms with Gasteiger partial charge in [0.1, 0.15) is 6.61 Å². The Labute approximate surface area is 177 Å². The monoisotopic (exact) mass is 420 g/mol. The quantitative estimate of drug-likeness (QED) is 0.174. The van der Waals surface area contributed by atoms with Crippen LogP contribution in [0.4, 0.5) is 0 Å². The summed E-state index contributed by atoms with van der Waals surface area (Å²) < 4.78 is 31.8. The van der Waals surface area contributed by atoms with Crippen LogP contribution in [0.1, 0.15) is 65.2 Å². The van der Waals surface area contributed by atoms with Gasteiger partial charge in [0.25, 0.3) is 0 Å². The molecular weight excluding hydrogens is 376 g/mol.